The second-order valence-corrected chi connectivity index (χ2v) is 4.96. The second-order valence-electron chi connectivity index (χ2n) is 4.96. The van der Waals surface area contributed by atoms with Gasteiger partial charge in [0.25, 0.3) is 5.91 Å². The minimum atomic E-state index is -4.72. The number of rotatable bonds is 3. The lowest BCUT2D eigenvalue weighted by molar-refractivity contribution is -0.159. The molecule has 3 aromatic rings. The lowest BCUT2D eigenvalue weighted by atomic mass is 10.1. The Morgan fingerprint density at radius 1 is 1.00 bits per heavy atom. The summed E-state index contributed by atoms with van der Waals surface area (Å²) in [7, 11) is 0. The first kappa shape index (κ1) is 16.6. The molecule has 1 heterocycles. The molecule has 5 nitrogen and oxygen atoms in total. The SMILES string of the molecule is O=C(Nc1ccc(F)cc1)c1ccc(-c2noc(C(F)(F)F)n2)cc1. The smallest absolute Gasteiger partial charge is 0.329 e. The molecule has 0 bridgehead atoms. The predicted molar refractivity (Wildman–Crippen MR) is 79.1 cm³/mol. The number of alkyl halides is 3. The van der Waals surface area contributed by atoms with E-state index in [0.717, 1.165) is 0 Å². The fourth-order valence-corrected chi connectivity index (χ4v) is 1.96. The molecule has 0 unspecified atom stereocenters. The van der Waals surface area contributed by atoms with Crippen LogP contribution in [0.3, 0.4) is 0 Å². The van der Waals surface area contributed by atoms with E-state index in [1.165, 1.54) is 48.5 Å². The summed E-state index contributed by atoms with van der Waals surface area (Å²) in [4.78, 5) is 15.3. The molecule has 0 aliphatic rings. The van der Waals surface area contributed by atoms with Gasteiger partial charge in [0, 0.05) is 16.8 Å². The molecule has 0 radical (unpaired) electrons. The van der Waals surface area contributed by atoms with Crippen molar-refractivity contribution in [1.82, 2.24) is 10.1 Å². The van der Waals surface area contributed by atoms with Gasteiger partial charge in [-0.3, -0.25) is 4.79 Å². The van der Waals surface area contributed by atoms with Crippen molar-refractivity contribution in [2.75, 3.05) is 5.32 Å². The van der Waals surface area contributed by atoms with Crippen molar-refractivity contribution >= 4 is 11.6 Å². The van der Waals surface area contributed by atoms with Gasteiger partial charge in [0.1, 0.15) is 5.82 Å². The van der Waals surface area contributed by atoms with Gasteiger partial charge >= 0.3 is 12.1 Å². The molecule has 0 atom stereocenters. The van der Waals surface area contributed by atoms with Gasteiger partial charge in [0.15, 0.2) is 0 Å². The molecule has 128 valence electrons. The van der Waals surface area contributed by atoms with Crippen molar-refractivity contribution in [2.45, 2.75) is 6.18 Å². The van der Waals surface area contributed by atoms with Crippen molar-refractivity contribution < 1.29 is 26.9 Å². The van der Waals surface area contributed by atoms with Crippen molar-refractivity contribution in [3.63, 3.8) is 0 Å². The Kier molecular flexibility index (Phi) is 4.22. The molecule has 0 aliphatic heterocycles. The van der Waals surface area contributed by atoms with E-state index in [1.54, 1.807) is 0 Å². The van der Waals surface area contributed by atoms with E-state index in [0.29, 0.717) is 5.69 Å². The van der Waals surface area contributed by atoms with Gasteiger partial charge in [0.2, 0.25) is 5.82 Å². The highest BCUT2D eigenvalue weighted by Crippen LogP contribution is 2.29. The molecule has 0 saturated carbocycles. The molecule has 0 aliphatic carbocycles. The zero-order valence-electron chi connectivity index (χ0n) is 12.3. The van der Waals surface area contributed by atoms with Crippen LogP contribution < -0.4 is 5.32 Å². The van der Waals surface area contributed by atoms with Crippen LogP contribution in [0.4, 0.5) is 23.2 Å². The van der Waals surface area contributed by atoms with Crippen LogP contribution in [0.1, 0.15) is 16.2 Å². The fraction of sp³-hybridized carbons (Fsp3) is 0.0625. The summed E-state index contributed by atoms with van der Waals surface area (Å²) in [5.41, 5.74) is 0.925. The molecule has 1 aromatic heterocycles. The molecular weight excluding hydrogens is 342 g/mol. The van der Waals surface area contributed by atoms with Gasteiger partial charge in [-0.25, -0.2) is 4.39 Å². The van der Waals surface area contributed by atoms with Crippen LogP contribution in [0, 0.1) is 5.82 Å². The molecule has 3 rings (SSSR count). The van der Waals surface area contributed by atoms with Crippen LogP contribution in [-0.4, -0.2) is 16.0 Å². The number of nitrogens with zero attached hydrogens (tertiary/aromatic N) is 2. The highest BCUT2D eigenvalue weighted by Gasteiger charge is 2.38. The van der Waals surface area contributed by atoms with Gasteiger partial charge in [-0.15, -0.1) is 0 Å². The lowest BCUT2D eigenvalue weighted by Gasteiger charge is -2.05. The fourth-order valence-electron chi connectivity index (χ4n) is 1.96. The van der Waals surface area contributed by atoms with Crippen LogP contribution in [-0.2, 0) is 6.18 Å². The summed E-state index contributed by atoms with van der Waals surface area (Å²) < 4.78 is 54.3. The molecule has 9 heteroatoms. The largest absolute Gasteiger partial charge is 0.471 e. The number of nitrogens with one attached hydrogen (secondary N) is 1. The summed E-state index contributed by atoms with van der Waals surface area (Å²) in [5, 5.41) is 5.83. The molecular formula is C16H9F4N3O2. The summed E-state index contributed by atoms with van der Waals surface area (Å²) in [6.45, 7) is 0. The minimum Gasteiger partial charge on any atom is -0.329 e. The highest BCUT2D eigenvalue weighted by atomic mass is 19.4. The molecule has 0 saturated heterocycles. The Labute approximate surface area is 138 Å². The first-order valence-corrected chi connectivity index (χ1v) is 6.91. The first-order valence-electron chi connectivity index (χ1n) is 6.91. The van der Waals surface area contributed by atoms with E-state index in [9.17, 15) is 22.4 Å². The Morgan fingerprint density at radius 2 is 1.64 bits per heavy atom. The van der Waals surface area contributed by atoms with E-state index in [4.69, 9.17) is 0 Å². The van der Waals surface area contributed by atoms with E-state index < -0.39 is 23.8 Å². The zero-order valence-corrected chi connectivity index (χ0v) is 12.3. The third kappa shape index (κ3) is 3.82. The normalized spacial score (nSPS) is 11.4. The van der Waals surface area contributed by atoms with Crippen LogP contribution in [0.25, 0.3) is 11.4 Å². The first-order chi connectivity index (χ1) is 11.8. The lowest BCUT2D eigenvalue weighted by Crippen LogP contribution is -2.11. The molecule has 25 heavy (non-hydrogen) atoms. The Hall–Kier alpha value is -3.23. The average Bonchev–Trinajstić information content (AvgIpc) is 3.07. The summed E-state index contributed by atoms with van der Waals surface area (Å²) in [6.07, 6.45) is -4.72. The molecule has 1 N–H and O–H groups in total. The Bertz CT molecular complexity index is 887. The number of benzene rings is 2. The van der Waals surface area contributed by atoms with E-state index in [2.05, 4.69) is 20.0 Å². The predicted octanol–water partition coefficient (Wildman–Crippen LogP) is 4.15. The Morgan fingerprint density at radius 3 is 2.20 bits per heavy atom. The van der Waals surface area contributed by atoms with Gasteiger partial charge < -0.3 is 9.84 Å². The monoisotopic (exact) mass is 351 g/mol. The van der Waals surface area contributed by atoms with Crippen molar-refractivity contribution in [3.8, 4) is 11.4 Å². The van der Waals surface area contributed by atoms with Crippen LogP contribution in [0.5, 0.6) is 0 Å². The van der Waals surface area contributed by atoms with Gasteiger partial charge in [-0.1, -0.05) is 17.3 Å². The molecule has 1 amide bonds. The second kappa shape index (κ2) is 6.34. The maximum absolute atomic E-state index is 12.8. The summed E-state index contributed by atoms with van der Waals surface area (Å²) in [6, 6.07) is 10.8. The standard InChI is InChI=1S/C16H9F4N3O2/c17-11-5-7-12(8-6-11)21-14(24)10-3-1-9(2-4-10)13-22-15(25-23-13)16(18,19)20/h1-8H,(H,21,24). The van der Waals surface area contributed by atoms with E-state index in [1.807, 2.05) is 0 Å². The maximum Gasteiger partial charge on any atom is 0.471 e. The molecule has 0 spiro atoms. The van der Waals surface area contributed by atoms with Crippen LogP contribution in [0.2, 0.25) is 0 Å². The summed E-state index contributed by atoms with van der Waals surface area (Å²) >= 11 is 0. The van der Waals surface area contributed by atoms with Crippen LogP contribution >= 0.6 is 0 Å². The molecule has 2 aromatic carbocycles. The van der Waals surface area contributed by atoms with E-state index >= 15 is 0 Å². The number of amides is 1. The number of anilines is 1. The van der Waals surface area contributed by atoms with Gasteiger partial charge in [-0.05, 0) is 36.4 Å². The quantitative estimate of drug-likeness (QED) is 0.720. The molecule has 0 fully saturated rings. The summed E-state index contributed by atoms with van der Waals surface area (Å²) in [5.74, 6) is -2.57. The van der Waals surface area contributed by atoms with Crippen molar-refractivity contribution in [2.24, 2.45) is 0 Å². The number of hydrogen-bond acceptors (Lipinski definition) is 4. The maximum atomic E-state index is 12.8. The van der Waals surface area contributed by atoms with E-state index in [-0.39, 0.29) is 17.0 Å². The number of hydrogen-bond donors (Lipinski definition) is 1. The Balaban J connectivity index is 1.74. The average molecular weight is 351 g/mol. The van der Waals surface area contributed by atoms with Gasteiger partial charge in [-0.2, -0.15) is 18.2 Å². The third-order valence-electron chi connectivity index (χ3n) is 3.18. The number of halogens is 4. The van der Waals surface area contributed by atoms with Gasteiger partial charge in [0.05, 0.1) is 0 Å². The minimum absolute atomic E-state index is 0.238. The third-order valence-corrected chi connectivity index (χ3v) is 3.18. The topological polar surface area (TPSA) is 68.0 Å². The van der Waals surface area contributed by atoms with Crippen LogP contribution in [0.15, 0.2) is 53.1 Å². The number of carbonyl (C=O) groups excluding carboxylic acids is 1. The van der Waals surface area contributed by atoms with Crippen molar-refractivity contribution in [1.29, 1.82) is 0 Å². The van der Waals surface area contributed by atoms with Crippen molar-refractivity contribution in [3.05, 3.63) is 65.8 Å². The number of aromatic nitrogens is 2. The highest BCUT2D eigenvalue weighted by molar-refractivity contribution is 6.04. The number of carbonyl (C=O) groups is 1. The zero-order chi connectivity index (χ0) is 18.0.